The van der Waals surface area contributed by atoms with Crippen LogP contribution in [0.2, 0.25) is 0 Å². The number of rotatable bonds is 4. The van der Waals surface area contributed by atoms with Crippen molar-refractivity contribution < 1.29 is 14.3 Å². The van der Waals surface area contributed by atoms with Crippen molar-refractivity contribution in [3.8, 4) is 0 Å². The van der Waals surface area contributed by atoms with E-state index in [2.05, 4.69) is 10.6 Å². The summed E-state index contributed by atoms with van der Waals surface area (Å²) in [4.78, 5) is 12.8. The molecule has 2 fully saturated rings. The first-order valence-corrected chi connectivity index (χ1v) is 8.05. The van der Waals surface area contributed by atoms with Gasteiger partial charge in [0.05, 0.1) is 11.5 Å². The van der Waals surface area contributed by atoms with Crippen LogP contribution in [0.3, 0.4) is 0 Å². The highest BCUT2D eigenvalue weighted by Gasteiger charge is 2.43. The van der Waals surface area contributed by atoms with Gasteiger partial charge in [0, 0.05) is 25.6 Å². The van der Waals surface area contributed by atoms with Crippen molar-refractivity contribution in [3.63, 3.8) is 0 Å². The number of carbonyl (C=O) groups excluding carboxylic acids is 1. The van der Waals surface area contributed by atoms with Crippen LogP contribution in [0.4, 0.5) is 4.39 Å². The van der Waals surface area contributed by atoms with Crippen molar-refractivity contribution in [1.82, 2.24) is 10.6 Å². The number of carbonyl (C=O) groups is 1. The molecule has 120 valence electrons. The summed E-state index contributed by atoms with van der Waals surface area (Å²) in [6.45, 7) is 1.76. The Labute approximate surface area is 130 Å². The second-order valence-electron chi connectivity index (χ2n) is 6.50. The Morgan fingerprint density at radius 3 is 2.77 bits per heavy atom. The first-order chi connectivity index (χ1) is 10.6. The van der Waals surface area contributed by atoms with E-state index in [1.807, 2.05) is 6.07 Å². The molecule has 1 saturated carbocycles. The fourth-order valence-corrected chi connectivity index (χ4v) is 3.73. The average Bonchev–Trinajstić information content (AvgIpc) is 3.15. The Kier molecular flexibility index (Phi) is 4.45. The van der Waals surface area contributed by atoms with Crippen LogP contribution in [0.5, 0.6) is 0 Å². The van der Waals surface area contributed by atoms with Crippen molar-refractivity contribution >= 4 is 5.91 Å². The molecule has 1 aromatic rings. The van der Waals surface area contributed by atoms with Gasteiger partial charge in [0.1, 0.15) is 5.82 Å². The van der Waals surface area contributed by atoms with Crippen molar-refractivity contribution in [2.75, 3.05) is 19.6 Å². The number of halogens is 1. The van der Waals surface area contributed by atoms with Crippen LogP contribution in [-0.4, -0.2) is 36.8 Å². The quantitative estimate of drug-likeness (QED) is 0.786. The normalized spacial score (nSPS) is 27.0. The van der Waals surface area contributed by atoms with E-state index in [9.17, 15) is 14.3 Å². The summed E-state index contributed by atoms with van der Waals surface area (Å²) in [6, 6.07) is 6.41. The fraction of sp³-hybridized carbons (Fsp3) is 0.588. The Morgan fingerprint density at radius 2 is 2.14 bits per heavy atom. The third-order valence-electron chi connectivity index (χ3n) is 5.10. The zero-order valence-corrected chi connectivity index (χ0v) is 12.6. The second kappa shape index (κ2) is 6.34. The summed E-state index contributed by atoms with van der Waals surface area (Å²) in [5.74, 6) is -0.281. The molecule has 1 amide bonds. The molecule has 3 rings (SSSR count). The van der Waals surface area contributed by atoms with E-state index in [0.29, 0.717) is 19.6 Å². The fourth-order valence-electron chi connectivity index (χ4n) is 3.73. The topological polar surface area (TPSA) is 61.4 Å². The minimum absolute atomic E-state index is 0.0327. The summed E-state index contributed by atoms with van der Waals surface area (Å²) < 4.78 is 13.6. The molecule has 1 aliphatic heterocycles. The van der Waals surface area contributed by atoms with E-state index < -0.39 is 11.5 Å². The molecular formula is C17H23FN2O2. The number of hydrogen-bond acceptors (Lipinski definition) is 3. The molecule has 1 aliphatic carbocycles. The molecule has 3 N–H and O–H groups in total. The van der Waals surface area contributed by atoms with E-state index in [4.69, 9.17) is 0 Å². The Bertz CT molecular complexity index is 543. The van der Waals surface area contributed by atoms with Gasteiger partial charge in [-0.05, 0) is 30.5 Å². The third-order valence-corrected chi connectivity index (χ3v) is 5.10. The lowest BCUT2D eigenvalue weighted by Gasteiger charge is -2.29. The number of β-amino-alcohol motifs (C(OH)–C–C–N with tert-alkyl or cyclic N) is 1. The smallest absolute Gasteiger partial charge is 0.230 e. The molecule has 1 saturated heterocycles. The molecule has 4 nitrogen and oxygen atoms in total. The van der Waals surface area contributed by atoms with Crippen LogP contribution < -0.4 is 10.6 Å². The zero-order valence-electron chi connectivity index (χ0n) is 12.6. The molecular weight excluding hydrogens is 283 g/mol. The van der Waals surface area contributed by atoms with E-state index in [1.165, 1.54) is 12.1 Å². The molecule has 2 unspecified atom stereocenters. The zero-order chi connectivity index (χ0) is 15.6. The number of aliphatic hydroxyl groups is 1. The number of aliphatic hydroxyl groups excluding tert-OH is 1. The molecule has 0 radical (unpaired) electrons. The van der Waals surface area contributed by atoms with E-state index in [-0.39, 0.29) is 17.6 Å². The van der Waals surface area contributed by atoms with Gasteiger partial charge in [0.15, 0.2) is 0 Å². The van der Waals surface area contributed by atoms with Gasteiger partial charge in [0.2, 0.25) is 5.91 Å². The van der Waals surface area contributed by atoms with Crippen LogP contribution in [0.1, 0.15) is 31.2 Å². The average molecular weight is 306 g/mol. The van der Waals surface area contributed by atoms with Gasteiger partial charge >= 0.3 is 0 Å². The van der Waals surface area contributed by atoms with Gasteiger partial charge < -0.3 is 15.7 Å². The predicted molar refractivity (Wildman–Crippen MR) is 81.9 cm³/mol. The summed E-state index contributed by atoms with van der Waals surface area (Å²) in [5.41, 5.74) is 0.159. The van der Waals surface area contributed by atoms with Crippen molar-refractivity contribution in [2.24, 2.45) is 5.92 Å². The maximum atomic E-state index is 13.6. The SMILES string of the molecule is O=C(NCC1CNCC1O)C1(c2cccc(F)c2)CCCC1. The van der Waals surface area contributed by atoms with E-state index in [1.54, 1.807) is 6.07 Å². The monoisotopic (exact) mass is 306 g/mol. The van der Waals surface area contributed by atoms with Gasteiger partial charge in [-0.15, -0.1) is 0 Å². The van der Waals surface area contributed by atoms with Crippen molar-refractivity contribution in [1.29, 1.82) is 0 Å². The number of benzene rings is 1. The Balaban J connectivity index is 1.74. The molecule has 2 aliphatic rings. The summed E-state index contributed by atoms with van der Waals surface area (Å²) >= 11 is 0. The Morgan fingerprint density at radius 1 is 1.36 bits per heavy atom. The molecule has 1 heterocycles. The molecule has 1 aromatic carbocycles. The molecule has 2 atom stereocenters. The van der Waals surface area contributed by atoms with Crippen LogP contribution >= 0.6 is 0 Å². The summed E-state index contributed by atoms with van der Waals surface area (Å²) in [7, 11) is 0. The third kappa shape index (κ3) is 2.88. The standard InChI is InChI=1S/C17H23FN2O2/c18-14-5-3-4-13(8-14)17(6-1-2-7-17)16(22)20-10-12-9-19-11-15(12)21/h3-5,8,12,15,19,21H,1-2,6-7,9-11H2,(H,20,22). The lowest BCUT2D eigenvalue weighted by atomic mass is 9.78. The minimum atomic E-state index is -0.612. The van der Waals surface area contributed by atoms with Gasteiger partial charge in [-0.1, -0.05) is 25.0 Å². The van der Waals surface area contributed by atoms with E-state index in [0.717, 1.165) is 31.2 Å². The van der Waals surface area contributed by atoms with Gasteiger partial charge in [-0.3, -0.25) is 4.79 Å². The highest BCUT2D eigenvalue weighted by Crippen LogP contribution is 2.41. The second-order valence-corrected chi connectivity index (χ2v) is 6.50. The summed E-state index contributed by atoms with van der Waals surface area (Å²) in [5, 5.41) is 15.9. The van der Waals surface area contributed by atoms with Crippen LogP contribution in [-0.2, 0) is 10.2 Å². The molecule has 0 bridgehead atoms. The van der Waals surface area contributed by atoms with Crippen LogP contribution in [0.25, 0.3) is 0 Å². The lowest BCUT2D eigenvalue weighted by Crippen LogP contribution is -2.45. The minimum Gasteiger partial charge on any atom is -0.391 e. The highest BCUT2D eigenvalue weighted by molar-refractivity contribution is 5.88. The lowest BCUT2D eigenvalue weighted by molar-refractivity contribution is -0.126. The number of hydrogen-bond donors (Lipinski definition) is 3. The van der Waals surface area contributed by atoms with Crippen molar-refractivity contribution in [3.05, 3.63) is 35.6 Å². The summed E-state index contributed by atoms with van der Waals surface area (Å²) in [6.07, 6.45) is 3.07. The maximum Gasteiger partial charge on any atom is 0.230 e. The molecule has 22 heavy (non-hydrogen) atoms. The van der Waals surface area contributed by atoms with Crippen molar-refractivity contribution in [2.45, 2.75) is 37.2 Å². The largest absolute Gasteiger partial charge is 0.391 e. The molecule has 5 heteroatoms. The first-order valence-electron chi connectivity index (χ1n) is 8.05. The van der Waals surface area contributed by atoms with E-state index >= 15 is 0 Å². The van der Waals surface area contributed by atoms with Crippen LogP contribution in [0.15, 0.2) is 24.3 Å². The van der Waals surface area contributed by atoms with Gasteiger partial charge in [-0.2, -0.15) is 0 Å². The Hall–Kier alpha value is -1.46. The highest BCUT2D eigenvalue weighted by atomic mass is 19.1. The predicted octanol–water partition coefficient (Wildman–Crippen LogP) is 1.33. The maximum absolute atomic E-state index is 13.6. The van der Waals surface area contributed by atoms with Gasteiger partial charge in [-0.25, -0.2) is 4.39 Å². The van der Waals surface area contributed by atoms with Crippen LogP contribution in [0, 0.1) is 11.7 Å². The molecule has 0 spiro atoms. The van der Waals surface area contributed by atoms with Gasteiger partial charge in [0.25, 0.3) is 0 Å². The number of nitrogens with one attached hydrogen (secondary N) is 2. The molecule has 0 aromatic heterocycles. The first kappa shape index (κ1) is 15.4. The number of amides is 1.